The first-order valence-electron chi connectivity index (χ1n) is 12.9. The third kappa shape index (κ3) is 10.0. The molecule has 0 aromatic heterocycles. The van der Waals surface area contributed by atoms with Crippen LogP contribution in [0.3, 0.4) is 0 Å². The number of amides is 3. The van der Waals surface area contributed by atoms with Crippen LogP contribution >= 0.6 is 11.8 Å². The van der Waals surface area contributed by atoms with Gasteiger partial charge < -0.3 is 20.3 Å². The Morgan fingerprint density at radius 1 is 1.06 bits per heavy atom. The van der Waals surface area contributed by atoms with E-state index in [2.05, 4.69) is 17.6 Å². The number of nitrogens with zero attached hydrogens (tertiary/aromatic N) is 1. The fraction of sp³-hybridized carbons (Fsp3) is 0.679. The Labute approximate surface area is 222 Å². The van der Waals surface area contributed by atoms with Gasteiger partial charge in [0.15, 0.2) is 0 Å². The normalized spacial score (nSPS) is 14.1. The van der Waals surface area contributed by atoms with E-state index in [1.807, 2.05) is 59.1 Å². The Morgan fingerprint density at radius 2 is 1.69 bits per heavy atom. The number of ether oxygens (including phenoxy) is 1. The molecule has 0 aliphatic rings. The van der Waals surface area contributed by atoms with Crippen LogP contribution in [0.5, 0.6) is 0 Å². The summed E-state index contributed by atoms with van der Waals surface area (Å²) < 4.78 is 5.44. The molecule has 0 bridgehead atoms. The van der Waals surface area contributed by atoms with E-state index in [0.717, 1.165) is 29.5 Å². The maximum atomic E-state index is 14.1. The van der Waals surface area contributed by atoms with Crippen LogP contribution in [-0.4, -0.2) is 58.5 Å². The molecule has 1 aromatic rings. The van der Waals surface area contributed by atoms with E-state index >= 15 is 0 Å². The van der Waals surface area contributed by atoms with Crippen LogP contribution in [0, 0.1) is 13.8 Å². The van der Waals surface area contributed by atoms with Crippen molar-refractivity contribution >= 4 is 29.7 Å². The summed E-state index contributed by atoms with van der Waals surface area (Å²) in [5.74, 6) is 0.158. The summed E-state index contributed by atoms with van der Waals surface area (Å²) in [6, 6.07) is 3.97. The standard InChI is InChI=1S/C28H47N3O4S/c1-11-12-21(6)29-25(32)24(22-14-13-19(4)17-20(22)5)31(18(2)3)26(33)23(15-16-36-10)30-27(34)35-28(7,8)9/h13-14,17-18,21,23-24H,11-12,15-16H2,1-10H3,(H,29,32)(H,30,34). The van der Waals surface area contributed by atoms with Gasteiger partial charge in [-0.05, 0) is 91.4 Å². The van der Waals surface area contributed by atoms with Gasteiger partial charge in [0.1, 0.15) is 17.7 Å². The molecule has 7 nitrogen and oxygen atoms in total. The molecule has 0 spiro atoms. The lowest BCUT2D eigenvalue weighted by atomic mass is 9.95. The highest BCUT2D eigenvalue weighted by atomic mass is 32.2. The van der Waals surface area contributed by atoms with E-state index in [-0.39, 0.29) is 23.9 Å². The smallest absolute Gasteiger partial charge is 0.408 e. The minimum atomic E-state index is -0.824. The van der Waals surface area contributed by atoms with Crippen molar-refractivity contribution in [3.63, 3.8) is 0 Å². The summed E-state index contributed by atoms with van der Waals surface area (Å²) in [5.41, 5.74) is 2.12. The fourth-order valence-electron chi connectivity index (χ4n) is 4.18. The molecule has 0 fully saturated rings. The minimum absolute atomic E-state index is 0.0213. The van der Waals surface area contributed by atoms with Gasteiger partial charge in [-0.15, -0.1) is 0 Å². The van der Waals surface area contributed by atoms with Crippen LogP contribution in [0.1, 0.15) is 90.5 Å². The molecule has 0 saturated heterocycles. The van der Waals surface area contributed by atoms with Crippen molar-refractivity contribution in [2.75, 3.05) is 12.0 Å². The number of aryl methyl sites for hydroxylation is 2. The fourth-order valence-corrected chi connectivity index (χ4v) is 4.65. The molecule has 3 atom stereocenters. The number of benzene rings is 1. The Hall–Kier alpha value is -2.22. The van der Waals surface area contributed by atoms with Crippen molar-refractivity contribution in [1.29, 1.82) is 0 Å². The van der Waals surface area contributed by atoms with Gasteiger partial charge in [0.25, 0.3) is 0 Å². The predicted molar refractivity (Wildman–Crippen MR) is 149 cm³/mol. The first-order valence-corrected chi connectivity index (χ1v) is 14.3. The molecule has 1 rings (SSSR count). The lowest BCUT2D eigenvalue weighted by molar-refractivity contribution is -0.144. The number of rotatable bonds is 12. The highest BCUT2D eigenvalue weighted by Crippen LogP contribution is 2.29. The Balaban J connectivity index is 3.50. The third-order valence-corrected chi connectivity index (χ3v) is 6.41. The maximum absolute atomic E-state index is 14.1. The molecule has 3 amide bonds. The lowest BCUT2D eigenvalue weighted by Gasteiger charge is -2.38. The molecule has 8 heteroatoms. The van der Waals surface area contributed by atoms with Crippen LogP contribution < -0.4 is 10.6 Å². The molecule has 36 heavy (non-hydrogen) atoms. The van der Waals surface area contributed by atoms with Crippen LogP contribution in [0.2, 0.25) is 0 Å². The quantitative estimate of drug-likeness (QED) is 0.377. The topological polar surface area (TPSA) is 87.7 Å². The molecule has 2 N–H and O–H groups in total. The first-order chi connectivity index (χ1) is 16.7. The number of hydrogen-bond donors (Lipinski definition) is 2. The van der Waals surface area contributed by atoms with Gasteiger partial charge in [-0.3, -0.25) is 9.59 Å². The van der Waals surface area contributed by atoms with E-state index in [0.29, 0.717) is 12.2 Å². The number of carbonyl (C=O) groups excluding carboxylic acids is 3. The zero-order valence-corrected chi connectivity index (χ0v) is 24.7. The highest BCUT2D eigenvalue weighted by Gasteiger charge is 2.38. The van der Waals surface area contributed by atoms with E-state index in [1.165, 1.54) is 0 Å². The SMILES string of the molecule is CCCC(C)NC(=O)C(c1ccc(C)cc1C)N(C(=O)C(CCSC)NC(=O)OC(C)(C)C)C(C)C. The van der Waals surface area contributed by atoms with Crippen molar-refractivity contribution < 1.29 is 19.1 Å². The molecule has 0 radical (unpaired) electrons. The molecule has 0 aliphatic carbocycles. The van der Waals surface area contributed by atoms with E-state index < -0.39 is 23.8 Å². The monoisotopic (exact) mass is 521 g/mol. The second kappa shape index (κ2) is 14.5. The first kappa shape index (κ1) is 31.8. The molecular weight excluding hydrogens is 474 g/mol. The van der Waals surface area contributed by atoms with Gasteiger partial charge in [0, 0.05) is 12.1 Å². The van der Waals surface area contributed by atoms with Gasteiger partial charge in [-0.1, -0.05) is 37.1 Å². The largest absolute Gasteiger partial charge is 0.444 e. The van der Waals surface area contributed by atoms with Crippen molar-refractivity contribution in [1.82, 2.24) is 15.5 Å². The van der Waals surface area contributed by atoms with E-state index in [1.54, 1.807) is 37.4 Å². The van der Waals surface area contributed by atoms with E-state index in [9.17, 15) is 14.4 Å². The van der Waals surface area contributed by atoms with Crippen LogP contribution in [-0.2, 0) is 14.3 Å². The van der Waals surface area contributed by atoms with Crippen molar-refractivity contribution in [2.45, 2.75) is 111 Å². The maximum Gasteiger partial charge on any atom is 0.408 e. The number of hydrogen-bond acceptors (Lipinski definition) is 5. The van der Waals surface area contributed by atoms with Gasteiger partial charge >= 0.3 is 6.09 Å². The molecule has 0 heterocycles. The van der Waals surface area contributed by atoms with Gasteiger partial charge in [0.05, 0.1) is 0 Å². The predicted octanol–water partition coefficient (Wildman–Crippen LogP) is 5.53. The number of carbonyl (C=O) groups is 3. The molecule has 3 unspecified atom stereocenters. The van der Waals surface area contributed by atoms with Gasteiger partial charge in [-0.25, -0.2) is 4.79 Å². The molecular formula is C28H47N3O4S. The minimum Gasteiger partial charge on any atom is -0.444 e. The summed E-state index contributed by atoms with van der Waals surface area (Å²) in [7, 11) is 0. The summed E-state index contributed by atoms with van der Waals surface area (Å²) >= 11 is 1.59. The van der Waals surface area contributed by atoms with Crippen molar-refractivity contribution in [3.05, 3.63) is 34.9 Å². The summed E-state index contributed by atoms with van der Waals surface area (Å²) in [6.45, 7) is 17.2. The van der Waals surface area contributed by atoms with Gasteiger partial charge in [0.2, 0.25) is 11.8 Å². The van der Waals surface area contributed by atoms with E-state index in [4.69, 9.17) is 4.74 Å². The van der Waals surface area contributed by atoms with Crippen LogP contribution in [0.15, 0.2) is 18.2 Å². The summed E-state index contributed by atoms with van der Waals surface area (Å²) in [4.78, 5) is 42.0. The second-order valence-electron chi connectivity index (χ2n) is 10.8. The Kier molecular flexibility index (Phi) is 12.8. The lowest BCUT2D eigenvalue weighted by Crippen LogP contribution is -2.55. The number of thioether (sulfide) groups is 1. The highest BCUT2D eigenvalue weighted by molar-refractivity contribution is 7.98. The number of alkyl carbamates (subject to hydrolysis) is 1. The molecule has 204 valence electrons. The van der Waals surface area contributed by atoms with Crippen molar-refractivity contribution in [3.8, 4) is 0 Å². The average molecular weight is 522 g/mol. The van der Waals surface area contributed by atoms with Crippen LogP contribution in [0.25, 0.3) is 0 Å². The Morgan fingerprint density at radius 3 is 2.19 bits per heavy atom. The molecule has 1 aromatic carbocycles. The zero-order chi connectivity index (χ0) is 27.6. The molecule has 0 saturated carbocycles. The summed E-state index contributed by atoms with van der Waals surface area (Å²) in [5, 5.41) is 5.89. The van der Waals surface area contributed by atoms with Crippen LogP contribution in [0.4, 0.5) is 4.79 Å². The van der Waals surface area contributed by atoms with Gasteiger partial charge in [-0.2, -0.15) is 11.8 Å². The third-order valence-electron chi connectivity index (χ3n) is 5.77. The number of nitrogens with one attached hydrogen (secondary N) is 2. The average Bonchev–Trinajstić information content (AvgIpc) is 2.73. The summed E-state index contributed by atoms with van der Waals surface area (Å²) in [6.07, 6.45) is 3.53. The zero-order valence-electron chi connectivity index (χ0n) is 23.9. The Bertz CT molecular complexity index is 882. The molecule has 0 aliphatic heterocycles. The van der Waals surface area contributed by atoms with Crippen molar-refractivity contribution in [2.24, 2.45) is 0 Å². The second-order valence-corrected chi connectivity index (χ2v) is 11.8.